The molecule has 2 rings (SSSR count). The number of carbonyl (C=O) groups is 1. The number of quaternary nitrogens is 1. The van der Waals surface area contributed by atoms with E-state index in [0.29, 0.717) is 38.5 Å². The normalized spacial score (nSPS) is 16.5. The molecule has 1 aromatic rings. The van der Waals surface area contributed by atoms with E-state index in [2.05, 4.69) is 26.1 Å². The van der Waals surface area contributed by atoms with Gasteiger partial charge in [0.2, 0.25) is 10.0 Å². The zero-order valence-electron chi connectivity index (χ0n) is 16.0. The lowest BCUT2D eigenvalue weighted by atomic mass is 10.0. The number of morpholine rings is 1. The molecule has 0 atom stereocenters. The van der Waals surface area contributed by atoms with E-state index in [4.69, 9.17) is 4.74 Å². The molecule has 0 aromatic heterocycles. The van der Waals surface area contributed by atoms with Gasteiger partial charge in [0, 0.05) is 18.8 Å². The molecular formula is C18H30N3O4S+. The van der Waals surface area contributed by atoms with Gasteiger partial charge in [-0.3, -0.25) is 4.79 Å². The maximum absolute atomic E-state index is 12.8. The largest absolute Gasteiger partial charge is 0.379 e. The number of ether oxygens (including phenoxy) is 1. The third-order valence-electron chi connectivity index (χ3n) is 4.84. The molecule has 1 aromatic carbocycles. The van der Waals surface area contributed by atoms with Crippen molar-refractivity contribution in [3.05, 3.63) is 23.8 Å². The number of nitrogens with one attached hydrogen (secondary N) is 1. The molecular weight excluding hydrogens is 354 g/mol. The lowest BCUT2D eigenvalue weighted by Gasteiger charge is -2.26. The summed E-state index contributed by atoms with van der Waals surface area (Å²) >= 11 is 0. The Morgan fingerprint density at radius 2 is 1.96 bits per heavy atom. The first-order valence-electron chi connectivity index (χ1n) is 8.98. The van der Waals surface area contributed by atoms with Gasteiger partial charge in [0.15, 0.2) is 6.54 Å². The van der Waals surface area contributed by atoms with Crippen LogP contribution in [-0.2, 0) is 19.6 Å². The molecule has 0 saturated carbocycles. The number of anilines is 1. The highest BCUT2D eigenvalue weighted by molar-refractivity contribution is 7.89. The lowest BCUT2D eigenvalue weighted by Crippen LogP contribution is -2.96. The molecule has 7 nitrogen and oxygen atoms in total. The van der Waals surface area contributed by atoms with E-state index in [1.807, 2.05) is 12.2 Å². The minimum atomic E-state index is -3.58. The summed E-state index contributed by atoms with van der Waals surface area (Å²) < 4.78 is 32.2. The van der Waals surface area contributed by atoms with Crippen LogP contribution < -0.4 is 10.6 Å². The van der Waals surface area contributed by atoms with Crippen molar-refractivity contribution >= 4 is 21.6 Å². The zero-order valence-corrected chi connectivity index (χ0v) is 16.9. The van der Waals surface area contributed by atoms with E-state index in [1.165, 1.54) is 4.31 Å². The van der Waals surface area contributed by atoms with Gasteiger partial charge in [-0.2, -0.15) is 4.31 Å². The summed E-state index contributed by atoms with van der Waals surface area (Å²) in [4.78, 5) is 12.5. The van der Waals surface area contributed by atoms with Crippen molar-refractivity contribution in [1.82, 2.24) is 4.31 Å². The summed E-state index contributed by atoms with van der Waals surface area (Å²) in [6, 6.07) is 4.85. The van der Waals surface area contributed by atoms with Crippen LogP contribution in [0.25, 0.3) is 0 Å². The summed E-state index contributed by atoms with van der Waals surface area (Å²) in [5.74, 6) is -0.143. The molecule has 3 N–H and O–H groups in total. The van der Waals surface area contributed by atoms with Gasteiger partial charge in [-0.1, -0.05) is 13.0 Å². The van der Waals surface area contributed by atoms with Gasteiger partial charge in [0.1, 0.15) is 0 Å². The highest BCUT2D eigenvalue weighted by Crippen LogP contribution is 2.23. The van der Waals surface area contributed by atoms with E-state index in [0.717, 1.165) is 12.0 Å². The average Bonchev–Trinajstić information content (AvgIpc) is 2.62. The van der Waals surface area contributed by atoms with Gasteiger partial charge in [0.25, 0.3) is 5.91 Å². The average molecular weight is 385 g/mol. The molecule has 1 aliphatic rings. The predicted octanol–water partition coefficient (Wildman–Crippen LogP) is 0.706. The van der Waals surface area contributed by atoms with Crippen molar-refractivity contribution in [2.45, 2.75) is 44.6 Å². The second-order valence-corrected chi connectivity index (χ2v) is 9.23. The molecule has 146 valence electrons. The third-order valence-corrected chi connectivity index (χ3v) is 6.74. The van der Waals surface area contributed by atoms with Crippen LogP contribution in [0.4, 0.5) is 5.69 Å². The van der Waals surface area contributed by atoms with Crippen LogP contribution in [0.2, 0.25) is 0 Å². The number of nitrogens with two attached hydrogens (primary N) is 1. The number of hydrogen-bond acceptors (Lipinski definition) is 4. The summed E-state index contributed by atoms with van der Waals surface area (Å²) in [5, 5.41) is 4.84. The summed E-state index contributed by atoms with van der Waals surface area (Å²) in [6.45, 7) is 9.88. The molecule has 0 spiro atoms. The first-order valence-corrected chi connectivity index (χ1v) is 10.4. The van der Waals surface area contributed by atoms with Crippen LogP contribution >= 0.6 is 0 Å². The Hall–Kier alpha value is -1.48. The molecule has 1 aliphatic heterocycles. The number of carbonyl (C=O) groups excluding carboxylic acids is 1. The van der Waals surface area contributed by atoms with Gasteiger partial charge in [-0.05, 0) is 44.9 Å². The van der Waals surface area contributed by atoms with E-state index in [-0.39, 0.29) is 16.3 Å². The van der Waals surface area contributed by atoms with Gasteiger partial charge in [0.05, 0.1) is 23.6 Å². The topological polar surface area (TPSA) is 92.3 Å². The fourth-order valence-electron chi connectivity index (χ4n) is 2.55. The Kier molecular flexibility index (Phi) is 6.79. The number of sulfonamides is 1. The maximum Gasteiger partial charge on any atom is 0.279 e. The maximum atomic E-state index is 12.8. The molecule has 0 aliphatic carbocycles. The van der Waals surface area contributed by atoms with Crippen molar-refractivity contribution < 1.29 is 23.3 Å². The van der Waals surface area contributed by atoms with E-state index in [1.54, 1.807) is 18.2 Å². The summed E-state index contributed by atoms with van der Waals surface area (Å²) in [5.41, 5.74) is 1.36. The lowest BCUT2D eigenvalue weighted by molar-refractivity contribution is -0.711. The number of aryl methyl sites for hydroxylation is 1. The molecule has 0 unspecified atom stereocenters. The Morgan fingerprint density at radius 1 is 1.31 bits per heavy atom. The quantitative estimate of drug-likeness (QED) is 0.724. The Labute approximate surface area is 156 Å². The number of benzene rings is 1. The number of amides is 1. The Balaban J connectivity index is 2.13. The van der Waals surface area contributed by atoms with Crippen molar-refractivity contribution in [3.8, 4) is 0 Å². The van der Waals surface area contributed by atoms with Gasteiger partial charge < -0.3 is 15.4 Å². The van der Waals surface area contributed by atoms with E-state index in [9.17, 15) is 13.2 Å². The molecule has 8 heteroatoms. The first kappa shape index (κ1) is 20.8. The van der Waals surface area contributed by atoms with Gasteiger partial charge >= 0.3 is 0 Å². The van der Waals surface area contributed by atoms with Crippen LogP contribution in [0.5, 0.6) is 0 Å². The fraction of sp³-hybridized carbons (Fsp3) is 0.611. The van der Waals surface area contributed by atoms with Crippen LogP contribution in [0.1, 0.15) is 32.8 Å². The number of hydrogen-bond donors (Lipinski definition) is 2. The van der Waals surface area contributed by atoms with Crippen molar-refractivity contribution in [3.63, 3.8) is 0 Å². The SMILES string of the molecule is CCC(C)(C)[NH2+]CC(=O)Nc1cc(S(=O)(=O)N2CCOCC2)ccc1C. The smallest absolute Gasteiger partial charge is 0.279 e. The highest BCUT2D eigenvalue weighted by Gasteiger charge is 2.27. The highest BCUT2D eigenvalue weighted by atomic mass is 32.2. The number of nitrogens with zero attached hydrogens (tertiary/aromatic N) is 1. The van der Waals surface area contributed by atoms with Crippen molar-refractivity contribution in [2.24, 2.45) is 0 Å². The van der Waals surface area contributed by atoms with Crippen LogP contribution in [0.15, 0.2) is 23.1 Å². The van der Waals surface area contributed by atoms with Crippen LogP contribution in [0.3, 0.4) is 0 Å². The number of rotatable bonds is 7. The summed E-state index contributed by atoms with van der Waals surface area (Å²) in [6.07, 6.45) is 0.951. The summed E-state index contributed by atoms with van der Waals surface area (Å²) in [7, 11) is -3.58. The third kappa shape index (κ3) is 5.26. The minimum absolute atomic E-state index is 0.00605. The van der Waals surface area contributed by atoms with Gasteiger partial charge in [-0.15, -0.1) is 0 Å². The van der Waals surface area contributed by atoms with Crippen LogP contribution in [0, 0.1) is 6.92 Å². The fourth-order valence-corrected chi connectivity index (χ4v) is 3.98. The Bertz CT molecular complexity index is 741. The molecule has 0 bridgehead atoms. The molecule has 1 saturated heterocycles. The molecule has 0 radical (unpaired) electrons. The second-order valence-electron chi connectivity index (χ2n) is 7.29. The predicted molar refractivity (Wildman–Crippen MR) is 101 cm³/mol. The van der Waals surface area contributed by atoms with Crippen LogP contribution in [-0.4, -0.2) is 57.0 Å². The molecule has 1 fully saturated rings. The van der Waals surface area contributed by atoms with Gasteiger partial charge in [-0.25, -0.2) is 8.42 Å². The molecule has 1 heterocycles. The van der Waals surface area contributed by atoms with E-state index < -0.39 is 10.0 Å². The van der Waals surface area contributed by atoms with Crippen molar-refractivity contribution in [1.29, 1.82) is 0 Å². The Morgan fingerprint density at radius 3 is 2.58 bits per heavy atom. The monoisotopic (exact) mass is 384 g/mol. The zero-order chi connectivity index (χ0) is 19.4. The first-order chi connectivity index (χ1) is 12.2. The van der Waals surface area contributed by atoms with Crippen molar-refractivity contribution in [2.75, 3.05) is 38.2 Å². The standard InChI is InChI=1S/C18H29N3O4S/c1-5-18(3,4)19-13-17(22)20-16-12-15(7-6-14(16)2)26(23,24)21-8-10-25-11-9-21/h6-7,12,19H,5,8-11,13H2,1-4H3,(H,20,22)/p+1. The van der Waals surface area contributed by atoms with E-state index >= 15 is 0 Å². The molecule has 26 heavy (non-hydrogen) atoms. The second kappa shape index (κ2) is 8.47. The molecule has 1 amide bonds. The minimum Gasteiger partial charge on any atom is -0.379 e.